The van der Waals surface area contributed by atoms with Gasteiger partial charge in [-0.15, -0.1) is 10.2 Å². The van der Waals surface area contributed by atoms with Gasteiger partial charge in [-0.3, -0.25) is 4.79 Å². The van der Waals surface area contributed by atoms with Crippen LogP contribution in [0.5, 0.6) is 0 Å². The maximum Gasteiger partial charge on any atom is 0.235 e. The van der Waals surface area contributed by atoms with Crippen LogP contribution in [0, 0.1) is 0 Å². The predicted molar refractivity (Wildman–Crippen MR) is 89.1 cm³/mol. The molecule has 1 aliphatic rings. The van der Waals surface area contributed by atoms with Crippen molar-refractivity contribution in [2.24, 2.45) is 0 Å². The first-order valence-electron chi connectivity index (χ1n) is 7.73. The summed E-state index contributed by atoms with van der Waals surface area (Å²) in [5.41, 5.74) is 0. The topological polar surface area (TPSA) is 58.1 Å². The lowest BCUT2D eigenvalue weighted by atomic mass is 10.2. The van der Waals surface area contributed by atoms with E-state index in [4.69, 9.17) is 0 Å². The fourth-order valence-electron chi connectivity index (χ4n) is 2.31. The van der Waals surface area contributed by atoms with Gasteiger partial charge in [0, 0.05) is 19.6 Å². The second kappa shape index (κ2) is 8.58. The van der Waals surface area contributed by atoms with Gasteiger partial charge in [0.05, 0.1) is 5.25 Å². The van der Waals surface area contributed by atoms with Gasteiger partial charge in [0.15, 0.2) is 4.34 Å². The molecule has 21 heavy (non-hydrogen) atoms. The van der Waals surface area contributed by atoms with E-state index in [1.807, 2.05) is 11.8 Å². The predicted octanol–water partition coefficient (Wildman–Crippen LogP) is 3.24. The van der Waals surface area contributed by atoms with Gasteiger partial charge in [-0.05, 0) is 26.2 Å². The quantitative estimate of drug-likeness (QED) is 0.812. The lowest BCUT2D eigenvalue weighted by molar-refractivity contribution is -0.130. The Morgan fingerprint density at radius 3 is 2.71 bits per heavy atom. The second-order valence-electron chi connectivity index (χ2n) is 5.30. The molecule has 5 nitrogen and oxygen atoms in total. The third-order valence-electron chi connectivity index (χ3n) is 3.48. The number of aromatic nitrogens is 2. The molecular weight excluding hydrogens is 304 g/mol. The van der Waals surface area contributed by atoms with Crippen LogP contribution in [0.2, 0.25) is 0 Å². The molecule has 0 spiro atoms. The van der Waals surface area contributed by atoms with Crippen molar-refractivity contribution < 1.29 is 4.79 Å². The van der Waals surface area contributed by atoms with Crippen molar-refractivity contribution in [2.75, 3.05) is 25.0 Å². The SMILES string of the molecule is CCCNc1nnc(SC(C)C(=O)N2CCCCCC2)s1. The molecule has 1 saturated heterocycles. The zero-order valence-electron chi connectivity index (χ0n) is 12.8. The van der Waals surface area contributed by atoms with Crippen LogP contribution in [0.1, 0.15) is 46.0 Å². The summed E-state index contributed by atoms with van der Waals surface area (Å²) in [5.74, 6) is 0.236. The molecule has 7 heteroatoms. The molecule has 1 fully saturated rings. The number of hydrogen-bond donors (Lipinski definition) is 1. The first kappa shape index (κ1) is 16.5. The van der Waals surface area contributed by atoms with Crippen LogP contribution in [-0.4, -0.2) is 45.9 Å². The Balaban J connectivity index is 1.86. The first-order valence-corrected chi connectivity index (χ1v) is 9.43. The fourth-order valence-corrected chi connectivity index (χ4v) is 4.32. The second-order valence-corrected chi connectivity index (χ2v) is 7.86. The Bertz CT molecular complexity index is 444. The van der Waals surface area contributed by atoms with Gasteiger partial charge in [0.1, 0.15) is 0 Å². The van der Waals surface area contributed by atoms with E-state index in [-0.39, 0.29) is 11.2 Å². The molecule has 1 amide bonds. The standard InChI is InChI=1S/C14H24N4OS2/c1-3-8-15-13-16-17-14(21-13)20-11(2)12(19)18-9-6-4-5-7-10-18/h11H,3-10H2,1-2H3,(H,15,16). The number of nitrogens with zero attached hydrogens (tertiary/aromatic N) is 3. The molecule has 0 bridgehead atoms. The average molecular weight is 329 g/mol. The minimum Gasteiger partial charge on any atom is -0.360 e. The molecule has 0 saturated carbocycles. The number of amides is 1. The first-order chi connectivity index (χ1) is 10.2. The van der Waals surface area contributed by atoms with Crippen molar-refractivity contribution in [3.63, 3.8) is 0 Å². The monoisotopic (exact) mass is 328 g/mol. The summed E-state index contributed by atoms with van der Waals surface area (Å²) >= 11 is 3.05. The van der Waals surface area contributed by atoms with Gasteiger partial charge in [0.2, 0.25) is 11.0 Å². The smallest absolute Gasteiger partial charge is 0.235 e. The van der Waals surface area contributed by atoms with E-state index in [1.54, 1.807) is 0 Å². The summed E-state index contributed by atoms with van der Waals surface area (Å²) in [6.07, 6.45) is 5.81. The van der Waals surface area contributed by atoms with Crippen LogP contribution in [0.4, 0.5) is 5.13 Å². The molecule has 0 aliphatic carbocycles. The summed E-state index contributed by atoms with van der Waals surface area (Å²) in [6.45, 7) is 6.80. The number of hydrogen-bond acceptors (Lipinski definition) is 6. The van der Waals surface area contributed by atoms with E-state index in [9.17, 15) is 4.79 Å². The Labute approximate surface area is 134 Å². The molecule has 2 heterocycles. The molecule has 1 aromatic rings. The van der Waals surface area contributed by atoms with E-state index in [2.05, 4.69) is 22.4 Å². The zero-order chi connectivity index (χ0) is 15.1. The summed E-state index contributed by atoms with van der Waals surface area (Å²) in [7, 11) is 0. The molecular formula is C14H24N4OS2. The van der Waals surface area contributed by atoms with Crippen molar-refractivity contribution in [1.82, 2.24) is 15.1 Å². The molecule has 0 aromatic carbocycles. The summed E-state index contributed by atoms with van der Waals surface area (Å²) < 4.78 is 0.865. The van der Waals surface area contributed by atoms with E-state index < -0.39 is 0 Å². The fraction of sp³-hybridized carbons (Fsp3) is 0.786. The van der Waals surface area contributed by atoms with Crippen LogP contribution >= 0.6 is 23.1 Å². The number of anilines is 1. The highest BCUT2D eigenvalue weighted by Gasteiger charge is 2.23. The van der Waals surface area contributed by atoms with Gasteiger partial charge in [-0.25, -0.2) is 0 Å². The highest BCUT2D eigenvalue weighted by Crippen LogP contribution is 2.30. The van der Waals surface area contributed by atoms with E-state index in [0.717, 1.165) is 48.4 Å². The molecule has 2 rings (SSSR count). The van der Waals surface area contributed by atoms with Crippen molar-refractivity contribution in [1.29, 1.82) is 0 Å². The van der Waals surface area contributed by atoms with Crippen LogP contribution in [0.3, 0.4) is 0 Å². The molecule has 1 unspecified atom stereocenters. The molecule has 1 aliphatic heterocycles. The lowest BCUT2D eigenvalue weighted by Gasteiger charge is -2.23. The van der Waals surface area contributed by atoms with Gasteiger partial charge >= 0.3 is 0 Å². The van der Waals surface area contributed by atoms with Crippen LogP contribution in [-0.2, 0) is 4.79 Å². The number of likely N-dealkylation sites (tertiary alicyclic amines) is 1. The largest absolute Gasteiger partial charge is 0.360 e. The number of carbonyl (C=O) groups is 1. The van der Waals surface area contributed by atoms with E-state index in [1.165, 1.54) is 35.9 Å². The van der Waals surface area contributed by atoms with Crippen molar-refractivity contribution in [3.8, 4) is 0 Å². The summed E-state index contributed by atoms with van der Waals surface area (Å²) in [5, 5.41) is 12.2. The molecule has 0 radical (unpaired) electrons. The maximum atomic E-state index is 12.5. The molecule has 1 atom stereocenters. The number of rotatable bonds is 6. The molecule has 1 N–H and O–H groups in total. The zero-order valence-corrected chi connectivity index (χ0v) is 14.4. The van der Waals surface area contributed by atoms with Crippen LogP contribution in [0.25, 0.3) is 0 Å². The number of carbonyl (C=O) groups excluding carboxylic acids is 1. The van der Waals surface area contributed by atoms with Crippen LogP contribution in [0.15, 0.2) is 4.34 Å². The Kier molecular flexibility index (Phi) is 6.76. The highest BCUT2D eigenvalue weighted by atomic mass is 32.2. The number of nitrogens with one attached hydrogen (secondary N) is 1. The van der Waals surface area contributed by atoms with Gasteiger partial charge in [-0.2, -0.15) is 0 Å². The minimum absolute atomic E-state index is 0.0879. The minimum atomic E-state index is -0.0879. The van der Waals surface area contributed by atoms with Crippen molar-refractivity contribution in [2.45, 2.75) is 55.5 Å². The Morgan fingerprint density at radius 1 is 1.33 bits per heavy atom. The maximum absolute atomic E-state index is 12.5. The van der Waals surface area contributed by atoms with E-state index >= 15 is 0 Å². The summed E-state index contributed by atoms with van der Waals surface area (Å²) in [6, 6.07) is 0. The van der Waals surface area contributed by atoms with Gasteiger partial charge in [-0.1, -0.05) is 42.9 Å². The van der Waals surface area contributed by atoms with Gasteiger partial charge < -0.3 is 10.2 Å². The lowest BCUT2D eigenvalue weighted by Crippen LogP contribution is -2.37. The number of thioether (sulfide) groups is 1. The van der Waals surface area contributed by atoms with E-state index in [0.29, 0.717) is 0 Å². The van der Waals surface area contributed by atoms with Crippen molar-refractivity contribution >= 4 is 34.1 Å². The van der Waals surface area contributed by atoms with Crippen molar-refractivity contribution in [3.05, 3.63) is 0 Å². The average Bonchev–Trinajstić information content (AvgIpc) is 2.75. The summed E-state index contributed by atoms with van der Waals surface area (Å²) in [4.78, 5) is 14.5. The highest BCUT2D eigenvalue weighted by molar-refractivity contribution is 8.02. The van der Waals surface area contributed by atoms with Crippen LogP contribution < -0.4 is 5.32 Å². The van der Waals surface area contributed by atoms with Gasteiger partial charge in [0.25, 0.3) is 0 Å². The molecule has 1 aromatic heterocycles. The third kappa shape index (κ3) is 5.14. The normalized spacial score (nSPS) is 17.3. The Hall–Kier alpha value is -0.820. The molecule has 118 valence electrons. The Morgan fingerprint density at radius 2 is 2.05 bits per heavy atom. The third-order valence-corrected chi connectivity index (χ3v) is 5.53.